The van der Waals surface area contributed by atoms with E-state index in [2.05, 4.69) is 112 Å². The van der Waals surface area contributed by atoms with Crippen molar-refractivity contribution in [1.82, 2.24) is 9.47 Å². The second kappa shape index (κ2) is 17.1. The van der Waals surface area contributed by atoms with Crippen LogP contribution in [0.2, 0.25) is 5.02 Å². The van der Waals surface area contributed by atoms with Crippen molar-refractivity contribution in [2.45, 2.75) is 38.1 Å². The summed E-state index contributed by atoms with van der Waals surface area (Å²) in [6, 6.07) is 28.8. The van der Waals surface area contributed by atoms with Gasteiger partial charge in [-0.25, -0.2) is 4.39 Å². The molecule has 0 saturated carbocycles. The van der Waals surface area contributed by atoms with Crippen molar-refractivity contribution < 1.29 is 9.13 Å². The molecule has 0 spiro atoms. The highest BCUT2D eigenvalue weighted by atomic mass is 35.5. The number of aromatic nitrogens is 1. The van der Waals surface area contributed by atoms with Gasteiger partial charge in [-0.2, -0.15) is 0 Å². The lowest BCUT2D eigenvalue weighted by Crippen LogP contribution is -2.46. The first-order valence-electron chi connectivity index (χ1n) is 19.1. The van der Waals surface area contributed by atoms with Crippen molar-refractivity contribution in [1.29, 1.82) is 0 Å². The molecule has 2 aliphatic rings. The number of nitrogens with one attached hydrogen (secondary N) is 1. The fourth-order valence-electron chi connectivity index (χ4n) is 7.98. The normalized spacial score (nSPS) is 15.3. The molecule has 0 radical (unpaired) electrons. The van der Waals surface area contributed by atoms with Gasteiger partial charge in [0, 0.05) is 84.4 Å². The van der Waals surface area contributed by atoms with Gasteiger partial charge >= 0.3 is 0 Å². The number of halogens is 2. The molecule has 4 aromatic carbocycles. The number of hydrogen-bond acceptors (Lipinski definition) is 7. The van der Waals surface area contributed by atoms with Crippen LogP contribution in [0.25, 0.3) is 33.5 Å². The molecule has 1 aromatic heterocycles. The van der Waals surface area contributed by atoms with Crippen LogP contribution in [0.1, 0.15) is 32.0 Å². The number of anilines is 4. The van der Waals surface area contributed by atoms with Crippen LogP contribution in [-0.2, 0) is 4.74 Å². The fraction of sp³-hybridized carbons (Fsp3) is 0.364. The Morgan fingerprint density at radius 3 is 2.09 bits per heavy atom. The van der Waals surface area contributed by atoms with Crippen LogP contribution in [0, 0.1) is 12.7 Å². The Hall–Kier alpha value is -4.15. The molecule has 7 rings (SSSR count). The predicted octanol–water partition coefficient (Wildman–Crippen LogP) is 9.94. The number of piperazine rings is 1. The second-order valence-electron chi connectivity index (χ2n) is 14.6. The summed E-state index contributed by atoms with van der Waals surface area (Å²) in [6.07, 6.45) is 3.17. The molecule has 0 unspecified atom stereocenters. The zero-order valence-corrected chi connectivity index (χ0v) is 33.4. The van der Waals surface area contributed by atoms with Crippen molar-refractivity contribution in [3.63, 3.8) is 0 Å². The summed E-state index contributed by atoms with van der Waals surface area (Å²) in [5.74, 6) is -0.224. The summed E-state index contributed by atoms with van der Waals surface area (Å²) < 4.78 is 23.4. The molecular formula is C44H52ClFN6OS. The van der Waals surface area contributed by atoms with Crippen LogP contribution in [0.15, 0.2) is 89.8 Å². The molecule has 0 bridgehead atoms. The van der Waals surface area contributed by atoms with E-state index in [1.54, 1.807) is 23.9 Å². The van der Waals surface area contributed by atoms with Crippen LogP contribution in [0.3, 0.4) is 0 Å². The number of nitrogens with zero attached hydrogens (tertiary/aromatic N) is 4. The van der Waals surface area contributed by atoms with E-state index in [0.717, 1.165) is 123 Å². The van der Waals surface area contributed by atoms with Crippen LogP contribution in [-0.4, -0.2) is 81.3 Å². The number of nitrogens with two attached hydrogens (primary N) is 1. The summed E-state index contributed by atoms with van der Waals surface area (Å²) >= 11 is 8.01. The maximum Gasteiger partial charge on any atom is 0.125 e. The number of morpholine rings is 1. The van der Waals surface area contributed by atoms with Gasteiger partial charge in [0.2, 0.25) is 0 Å². The predicted molar refractivity (Wildman–Crippen MR) is 228 cm³/mol. The lowest BCUT2D eigenvalue weighted by atomic mass is 9.99. The standard InChI is InChI=1S/C44H52ClFN6OS/c1-30(2)52-31(3)44(54-4)42(43(52)33-6-11-36(45)12-7-33)35-26-37(46)29-39(27-35)51-20-18-50(19-21-51)38-13-8-32(9-14-38)34-10-15-41(40(47)28-34)48-16-5-17-49-22-24-53-25-23-49/h6-15,26-30,48H,5,16-25,47H2,1-4H3. The minimum absolute atomic E-state index is 0.224. The van der Waals surface area contributed by atoms with Gasteiger partial charge < -0.3 is 30.2 Å². The molecule has 7 nitrogen and oxygen atoms in total. The molecule has 0 aliphatic carbocycles. The van der Waals surface area contributed by atoms with E-state index >= 15 is 4.39 Å². The molecule has 0 atom stereocenters. The lowest BCUT2D eigenvalue weighted by molar-refractivity contribution is 0.0378. The van der Waals surface area contributed by atoms with Crippen molar-refractivity contribution in [2.24, 2.45) is 0 Å². The van der Waals surface area contributed by atoms with Gasteiger partial charge in [0.25, 0.3) is 0 Å². The average Bonchev–Trinajstić information content (AvgIpc) is 3.49. The minimum atomic E-state index is -0.224. The third-order valence-electron chi connectivity index (χ3n) is 10.7. The average molecular weight is 767 g/mol. The van der Waals surface area contributed by atoms with Crippen LogP contribution >= 0.6 is 23.4 Å². The van der Waals surface area contributed by atoms with Gasteiger partial charge in [-0.3, -0.25) is 4.90 Å². The van der Waals surface area contributed by atoms with Gasteiger partial charge in [-0.05, 0) is 117 Å². The molecule has 10 heteroatoms. The highest BCUT2D eigenvalue weighted by molar-refractivity contribution is 7.98. The fourth-order valence-corrected chi connectivity index (χ4v) is 8.92. The number of rotatable bonds is 12. The Bertz CT molecular complexity index is 2040. The smallest absolute Gasteiger partial charge is 0.125 e. The number of thioether (sulfide) groups is 1. The topological polar surface area (TPSA) is 61.9 Å². The first kappa shape index (κ1) is 38.1. The van der Waals surface area contributed by atoms with E-state index in [4.69, 9.17) is 22.1 Å². The van der Waals surface area contributed by atoms with Crippen LogP contribution < -0.4 is 20.9 Å². The molecule has 54 heavy (non-hydrogen) atoms. The van der Waals surface area contributed by atoms with Gasteiger partial charge in [0.15, 0.2) is 0 Å². The Kier molecular flexibility index (Phi) is 12.1. The van der Waals surface area contributed by atoms with E-state index in [1.807, 2.05) is 12.1 Å². The highest BCUT2D eigenvalue weighted by Gasteiger charge is 2.26. The summed E-state index contributed by atoms with van der Waals surface area (Å²) in [5, 5.41) is 4.21. The maximum atomic E-state index is 15.6. The van der Waals surface area contributed by atoms with Crippen molar-refractivity contribution in [3.05, 3.63) is 101 Å². The van der Waals surface area contributed by atoms with Gasteiger partial charge in [0.1, 0.15) is 5.82 Å². The third kappa shape index (κ3) is 8.40. The summed E-state index contributed by atoms with van der Waals surface area (Å²) in [7, 11) is 0. The monoisotopic (exact) mass is 766 g/mol. The summed E-state index contributed by atoms with van der Waals surface area (Å²) in [5.41, 5.74) is 17.9. The molecule has 284 valence electrons. The maximum absolute atomic E-state index is 15.6. The van der Waals surface area contributed by atoms with Gasteiger partial charge in [0.05, 0.1) is 30.3 Å². The molecule has 5 aromatic rings. The Morgan fingerprint density at radius 1 is 0.796 bits per heavy atom. The third-order valence-corrected chi connectivity index (χ3v) is 11.9. The minimum Gasteiger partial charge on any atom is -0.397 e. The van der Waals surface area contributed by atoms with E-state index < -0.39 is 0 Å². The van der Waals surface area contributed by atoms with Crippen LogP contribution in [0.5, 0.6) is 0 Å². The molecule has 2 aliphatic heterocycles. The molecule has 3 N–H and O–H groups in total. The van der Waals surface area contributed by atoms with E-state index in [0.29, 0.717) is 5.02 Å². The number of nitrogen functional groups attached to an aromatic ring is 1. The zero-order chi connectivity index (χ0) is 37.8. The number of ether oxygens (including phenoxy) is 1. The summed E-state index contributed by atoms with van der Waals surface area (Å²) in [6.45, 7) is 15.5. The number of hydrogen-bond donors (Lipinski definition) is 2. The highest BCUT2D eigenvalue weighted by Crippen LogP contribution is 2.46. The SMILES string of the molecule is CSc1c(-c2cc(F)cc(N3CCN(c4ccc(-c5ccc(NCCCN6CCOCC6)c(N)c5)cc4)CC3)c2)c(-c2ccc(Cl)cc2)n(C(C)C)c1C. The number of benzene rings is 4. The molecular weight excluding hydrogens is 715 g/mol. The van der Waals surface area contributed by atoms with Gasteiger partial charge in [-0.1, -0.05) is 41.9 Å². The molecule has 0 amide bonds. The Labute approximate surface area is 329 Å². The van der Waals surface area contributed by atoms with E-state index in [1.165, 1.54) is 16.3 Å². The van der Waals surface area contributed by atoms with Crippen molar-refractivity contribution >= 4 is 46.1 Å². The van der Waals surface area contributed by atoms with E-state index in [9.17, 15) is 0 Å². The zero-order valence-electron chi connectivity index (χ0n) is 31.9. The molecule has 2 fully saturated rings. The first-order valence-corrected chi connectivity index (χ1v) is 20.7. The molecule has 3 heterocycles. The Balaban J connectivity index is 1.02. The van der Waals surface area contributed by atoms with Crippen LogP contribution in [0.4, 0.5) is 27.1 Å². The lowest BCUT2D eigenvalue weighted by Gasteiger charge is -2.37. The molecule has 2 saturated heterocycles. The summed E-state index contributed by atoms with van der Waals surface area (Å²) in [4.78, 5) is 8.35. The first-order chi connectivity index (χ1) is 26.2. The second-order valence-corrected chi connectivity index (χ2v) is 15.8. The Morgan fingerprint density at radius 2 is 1.44 bits per heavy atom. The van der Waals surface area contributed by atoms with Crippen molar-refractivity contribution in [3.8, 4) is 33.5 Å². The quantitative estimate of drug-likeness (QED) is 0.0745. The largest absolute Gasteiger partial charge is 0.397 e. The van der Waals surface area contributed by atoms with Crippen molar-refractivity contribution in [2.75, 3.05) is 92.7 Å². The van der Waals surface area contributed by atoms with E-state index in [-0.39, 0.29) is 11.9 Å². The van der Waals surface area contributed by atoms with Gasteiger partial charge in [-0.15, -0.1) is 11.8 Å².